The summed E-state index contributed by atoms with van der Waals surface area (Å²) in [5.41, 5.74) is 1.59. The van der Waals surface area contributed by atoms with Crippen molar-refractivity contribution in [2.24, 2.45) is 5.92 Å². The fourth-order valence-corrected chi connectivity index (χ4v) is 6.96. The molecule has 3 nitrogen and oxygen atoms in total. The van der Waals surface area contributed by atoms with Gasteiger partial charge in [0.2, 0.25) is 0 Å². The summed E-state index contributed by atoms with van der Waals surface area (Å²) in [6.07, 6.45) is 11.9. The predicted molar refractivity (Wildman–Crippen MR) is 113 cm³/mol. The largest absolute Gasteiger partial charge is 0.284 e. The normalized spacial score (nSPS) is 18.6. The molecule has 0 radical (unpaired) electrons. The monoisotopic (exact) mass is 390 g/mol. The molecule has 1 saturated carbocycles. The van der Waals surface area contributed by atoms with Gasteiger partial charge in [-0.1, -0.05) is 44.9 Å². The Labute approximate surface area is 164 Å². The topological polar surface area (TPSA) is 34.9 Å². The molecule has 2 aliphatic rings. The molecule has 2 aromatic heterocycles. The summed E-state index contributed by atoms with van der Waals surface area (Å²) in [6, 6.07) is 0.355. The lowest BCUT2D eigenvalue weighted by Gasteiger charge is -2.26. The van der Waals surface area contributed by atoms with E-state index >= 15 is 0 Å². The molecule has 0 bridgehead atoms. The van der Waals surface area contributed by atoms with Gasteiger partial charge in [-0.3, -0.25) is 9.36 Å². The highest BCUT2D eigenvalue weighted by molar-refractivity contribution is 7.99. The van der Waals surface area contributed by atoms with Crippen LogP contribution in [0, 0.1) is 5.92 Å². The van der Waals surface area contributed by atoms with Crippen LogP contribution in [-0.4, -0.2) is 15.3 Å². The van der Waals surface area contributed by atoms with Crippen molar-refractivity contribution in [2.75, 3.05) is 5.75 Å². The molecule has 1 fully saturated rings. The lowest BCUT2D eigenvalue weighted by molar-refractivity contribution is 0.326. The van der Waals surface area contributed by atoms with Gasteiger partial charge in [0.05, 0.1) is 5.39 Å². The van der Waals surface area contributed by atoms with Crippen LogP contribution in [0.5, 0.6) is 0 Å². The lowest BCUT2D eigenvalue weighted by Crippen LogP contribution is -2.29. The molecular formula is C21H30N2OS2. The van der Waals surface area contributed by atoms with E-state index in [-0.39, 0.29) is 5.56 Å². The summed E-state index contributed by atoms with van der Waals surface area (Å²) in [6.45, 7) is 4.53. The van der Waals surface area contributed by atoms with Crippen LogP contribution in [0.3, 0.4) is 0 Å². The molecule has 0 amide bonds. The number of nitrogens with zero attached hydrogens (tertiary/aromatic N) is 2. The lowest BCUT2D eigenvalue weighted by atomic mass is 9.94. The summed E-state index contributed by atoms with van der Waals surface area (Å²) in [4.78, 5) is 21.1. The van der Waals surface area contributed by atoms with Crippen LogP contribution in [0.4, 0.5) is 0 Å². The van der Waals surface area contributed by atoms with Crippen molar-refractivity contribution in [1.29, 1.82) is 0 Å². The number of aryl methyl sites for hydroxylation is 2. The Hall–Kier alpha value is -0.810. The van der Waals surface area contributed by atoms with Crippen molar-refractivity contribution >= 4 is 33.3 Å². The van der Waals surface area contributed by atoms with E-state index in [0.29, 0.717) is 12.0 Å². The third-order valence-electron chi connectivity index (χ3n) is 5.85. The van der Waals surface area contributed by atoms with Crippen LogP contribution < -0.4 is 5.56 Å². The number of hydrogen-bond acceptors (Lipinski definition) is 4. The average Bonchev–Trinajstić information content (AvgIpc) is 3.01. The van der Waals surface area contributed by atoms with Gasteiger partial charge in [0, 0.05) is 16.7 Å². The zero-order chi connectivity index (χ0) is 18.1. The van der Waals surface area contributed by atoms with Crippen LogP contribution in [-0.2, 0) is 12.8 Å². The fraction of sp³-hybridized carbons (Fsp3) is 0.714. The smallest absolute Gasteiger partial charge is 0.263 e. The highest BCUT2D eigenvalue weighted by Crippen LogP contribution is 2.37. The molecule has 0 aliphatic heterocycles. The molecule has 0 saturated heterocycles. The standard InChI is InChI=1S/C21H30N2OS2/c1-14(2)12-13-25-21-22-19-18(16-10-6-7-11-17(16)26-19)20(24)23(21)15-8-4-3-5-9-15/h14-15H,3-13H2,1-2H3. The molecule has 26 heavy (non-hydrogen) atoms. The van der Waals surface area contributed by atoms with E-state index in [1.54, 1.807) is 23.1 Å². The minimum Gasteiger partial charge on any atom is -0.284 e. The van der Waals surface area contributed by atoms with Crippen LogP contribution in [0.25, 0.3) is 10.2 Å². The van der Waals surface area contributed by atoms with E-state index in [0.717, 1.165) is 46.8 Å². The Morgan fingerprint density at radius 1 is 1.15 bits per heavy atom. The summed E-state index contributed by atoms with van der Waals surface area (Å²) < 4.78 is 2.11. The van der Waals surface area contributed by atoms with Crippen molar-refractivity contribution in [3.8, 4) is 0 Å². The van der Waals surface area contributed by atoms with Gasteiger partial charge in [-0.15, -0.1) is 11.3 Å². The van der Waals surface area contributed by atoms with E-state index in [1.807, 2.05) is 0 Å². The van der Waals surface area contributed by atoms with Crippen molar-refractivity contribution in [3.05, 3.63) is 20.8 Å². The van der Waals surface area contributed by atoms with Crippen molar-refractivity contribution in [2.45, 2.75) is 89.3 Å². The molecule has 142 valence electrons. The summed E-state index contributed by atoms with van der Waals surface area (Å²) in [5, 5.41) is 1.94. The second-order valence-corrected chi connectivity index (χ2v) is 10.4. The number of hydrogen-bond donors (Lipinski definition) is 0. The maximum absolute atomic E-state index is 13.6. The SMILES string of the molecule is CC(C)CCSc1nc2sc3c(c2c(=O)n1C1CCCCC1)CCCC3. The molecule has 2 aromatic rings. The van der Waals surface area contributed by atoms with Gasteiger partial charge in [0.1, 0.15) is 4.83 Å². The molecular weight excluding hydrogens is 360 g/mol. The Bertz CT molecular complexity index is 831. The zero-order valence-electron chi connectivity index (χ0n) is 16.1. The molecule has 5 heteroatoms. The van der Waals surface area contributed by atoms with Gasteiger partial charge in [0.25, 0.3) is 5.56 Å². The van der Waals surface area contributed by atoms with Gasteiger partial charge in [0.15, 0.2) is 5.16 Å². The first-order valence-corrected chi connectivity index (χ1v) is 12.1. The number of thiophene rings is 1. The third-order valence-corrected chi connectivity index (χ3v) is 8.03. The first-order chi connectivity index (χ1) is 12.6. The van der Waals surface area contributed by atoms with Crippen molar-refractivity contribution < 1.29 is 0 Å². The Morgan fingerprint density at radius 2 is 1.92 bits per heavy atom. The molecule has 0 N–H and O–H groups in total. The highest BCUT2D eigenvalue weighted by atomic mass is 32.2. The molecule has 0 atom stereocenters. The minimum atomic E-state index is 0.258. The Kier molecular flexibility index (Phi) is 5.75. The quantitative estimate of drug-likeness (QED) is 0.465. The molecule has 2 heterocycles. The van der Waals surface area contributed by atoms with Gasteiger partial charge >= 0.3 is 0 Å². The average molecular weight is 391 g/mol. The minimum absolute atomic E-state index is 0.258. The van der Waals surface area contributed by atoms with Gasteiger partial charge in [-0.2, -0.15) is 0 Å². The van der Waals surface area contributed by atoms with Crippen LogP contribution in [0.2, 0.25) is 0 Å². The highest BCUT2D eigenvalue weighted by Gasteiger charge is 2.26. The van der Waals surface area contributed by atoms with E-state index in [9.17, 15) is 4.79 Å². The second kappa shape index (κ2) is 8.05. The first-order valence-electron chi connectivity index (χ1n) is 10.3. The number of thioether (sulfide) groups is 1. The summed E-state index contributed by atoms with van der Waals surface area (Å²) >= 11 is 3.59. The molecule has 0 aromatic carbocycles. The van der Waals surface area contributed by atoms with E-state index in [2.05, 4.69) is 18.4 Å². The van der Waals surface area contributed by atoms with Gasteiger partial charge in [-0.05, 0) is 56.4 Å². The Morgan fingerprint density at radius 3 is 2.69 bits per heavy atom. The molecule has 0 unspecified atom stereocenters. The number of fused-ring (bicyclic) bond motifs is 3. The maximum Gasteiger partial charge on any atom is 0.263 e. The van der Waals surface area contributed by atoms with Gasteiger partial charge in [-0.25, -0.2) is 4.98 Å². The first kappa shape index (κ1) is 18.5. The van der Waals surface area contributed by atoms with E-state index in [4.69, 9.17) is 4.98 Å². The molecule has 2 aliphatic carbocycles. The maximum atomic E-state index is 13.6. The summed E-state index contributed by atoms with van der Waals surface area (Å²) in [7, 11) is 0. The Balaban J connectivity index is 1.80. The molecule has 4 rings (SSSR count). The number of aromatic nitrogens is 2. The van der Waals surface area contributed by atoms with Gasteiger partial charge < -0.3 is 0 Å². The fourth-order valence-electron chi connectivity index (χ4n) is 4.35. The summed E-state index contributed by atoms with van der Waals surface area (Å²) in [5.74, 6) is 1.74. The van der Waals surface area contributed by atoms with E-state index in [1.165, 1.54) is 49.0 Å². The zero-order valence-corrected chi connectivity index (χ0v) is 17.7. The predicted octanol–water partition coefficient (Wildman–Crippen LogP) is 5.98. The van der Waals surface area contributed by atoms with Crippen LogP contribution >= 0.6 is 23.1 Å². The van der Waals surface area contributed by atoms with Crippen molar-refractivity contribution in [1.82, 2.24) is 9.55 Å². The second-order valence-electron chi connectivity index (χ2n) is 8.28. The molecule has 0 spiro atoms. The van der Waals surface area contributed by atoms with Crippen molar-refractivity contribution in [3.63, 3.8) is 0 Å². The van der Waals surface area contributed by atoms with E-state index < -0.39 is 0 Å². The van der Waals surface area contributed by atoms with Crippen LogP contribution in [0.15, 0.2) is 9.95 Å². The van der Waals surface area contributed by atoms with Crippen LogP contribution in [0.1, 0.15) is 81.7 Å². The number of rotatable bonds is 5. The third kappa shape index (κ3) is 3.62.